The van der Waals surface area contributed by atoms with Crippen molar-refractivity contribution in [2.24, 2.45) is 0 Å². The second kappa shape index (κ2) is 7.36. The van der Waals surface area contributed by atoms with Gasteiger partial charge in [-0.15, -0.1) is 0 Å². The van der Waals surface area contributed by atoms with Crippen LogP contribution in [0.1, 0.15) is 55.0 Å². The lowest BCUT2D eigenvalue weighted by molar-refractivity contribution is 0.258. The standard InChI is InChI=1S/C25H22F2O2/c1-14(2)17-11-20(26)24(21(27)12-17)23-15(3)19-13-18(28)9-10-22(19)29-25(23)16-7-5-4-6-8-16/h4-14,25,28H,1-3H3. The highest BCUT2D eigenvalue weighted by molar-refractivity contribution is 5.96. The molecule has 1 unspecified atom stereocenters. The van der Waals surface area contributed by atoms with E-state index in [0.29, 0.717) is 28.0 Å². The van der Waals surface area contributed by atoms with Crippen molar-refractivity contribution in [2.45, 2.75) is 32.8 Å². The number of phenolic OH excluding ortho intramolecular Hbond substituents is 1. The average molecular weight is 392 g/mol. The fourth-order valence-corrected chi connectivity index (χ4v) is 3.81. The van der Waals surface area contributed by atoms with Gasteiger partial charge in [-0.3, -0.25) is 0 Å². The van der Waals surface area contributed by atoms with Gasteiger partial charge in [0.2, 0.25) is 0 Å². The van der Waals surface area contributed by atoms with Crippen molar-refractivity contribution in [1.29, 1.82) is 0 Å². The van der Waals surface area contributed by atoms with Crippen LogP contribution >= 0.6 is 0 Å². The molecule has 29 heavy (non-hydrogen) atoms. The normalized spacial score (nSPS) is 16.0. The zero-order valence-electron chi connectivity index (χ0n) is 16.5. The maximum Gasteiger partial charge on any atom is 0.150 e. The van der Waals surface area contributed by atoms with Crippen molar-refractivity contribution in [3.05, 3.63) is 94.6 Å². The summed E-state index contributed by atoms with van der Waals surface area (Å²) in [6, 6.07) is 16.9. The monoisotopic (exact) mass is 392 g/mol. The van der Waals surface area contributed by atoms with Crippen LogP contribution in [-0.2, 0) is 0 Å². The second-order valence-corrected chi connectivity index (χ2v) is 7.64. The summed E-state index contributed by atoms with van der Waals surface area (Å²) < 4.78 is 36.6. The first-order valence-corrected chi connectivity index (χ1v) is 9.62. The Morgan fingerprint density at radius 2 is 1.59 bits per heavy atom. The van der Waals surface area contributed by atoms with Gasteiger partial charge in [-0.25, -0.2) is 8.78 Å². The first-order chi connectivity index (χ1) is 13.9. The molecule has 1 atom stereocenters. The number of ether oxygens (including phenoxy) is 1. The zero-order valence-corrected chi connectivity index (χ0v) is 16.5. The summed E-state index contributed by atoms with van der Waals surface area (Å²) in [5.41, 5.74) is 3.04. The molecule has 0 bridgehead atoms. The Bertz CT molecular complexity index is 1080. The number of allylic oxidation sites excluding steroid dienone is 1. The summed E-state index contributed by atoms with van der Waals surface area (Å²) in [6.07, 6.45) is -0.665. The van der Waals surface area contributed by atoms with Crippen LogP contribution in [0.2, 0.25) is 0 Å². The van der Waals surface area contributed by atoms with Crippen molar-refractivity contribution >= 4 is 11.1 Å². The highest BCUT2D eigenvalue weighted by atomic mass is 19.1. The van der Waals surface area contributed by atoms with Gasteiger partial charge < -0.3 is 9.84 Å². The van der Waals surface area contributed by atoms with Crippen molar-refractivity contribution < 1.29 is 18.6 Å². The maximum absolute atomic E-state index is 15.2. The molecular weight excluding hydrogens is 370 g/mol. The molecule has 1 heterocycles. The fourth-order valence-electron chi connectivity index (χ4n) is 3.81. The SMILES string of the molecule is CC1=C(c2c(F)cc(C(C)C)cc2F)C(c2ccccc2)Oc2ccc(O)cc21. The van der Waals surface area contributed by atoms with Crippen molar-refractivity contribution in [3.63, 3.8) is 0 Å². The van der Waals surface area contributed by atoms with Crippen LogP contribution < -0.4 is 4.74 Å². The Morgan fingerprint density at radius 1 is 0.931 bits per heavy atom. The Kier molecular flexibility index (Phi) is 4.87. The second-order valence-electron chi connectivity index (χ2n) is 7.64. The molecule has 0 aliphatic carbocycles. The molecule has 0 fully saturated rings. The van der Waals surface area contributed by atoms with Gasteiger partial charge in [0.25, 0.3) is 0 Å². The summed E-state index contributed by atoms with van der Waals surface area (Å²) >= 11 is 0. The molecule has 4 rings (SSSR count). The number of phenols is 1. The number of hydrogen-bond donors (Lipinski definition) is 1. The van der Waals surface area contributed by atoms with Gasteiger partial charge in [-0.1, -0.05) is 44.2 Å². The lowest BCUT2D eigenvalue weighted by Gasteiger charge is -2.31. The molecule has 0 aromatic heterocycles. The number of rotatable bonds is 3. The molecule has 2 nitrogen and oxygen atoms in total. The van der Waals surface area contributed by atoms with Crippen LogP contribution in [0.3, 0.4) is 0 Å². The van der Waals surface area contributed by atoms with Gasteiger partial charge in [-0.05, 0) is 59.9 Å². The number of fused-ring (bicyclic) bond motifs is 1. The van der Waals surface area contributed by atoms with E-state index in [2.05, 4.69) is 0 Å². The van der Waals surface area contributed by atoms with E-state index < -0.39 is 17.7 Å². The van der Waals surface area contributed by atoms with Gasteiger partial charge in [0.05, 0.1) is 5.56 Å². The molecule has 0 spiro atoms. The minimum absolute atomic E-state index is 0.00771. The predicted molar refractivity (Wildman–Crippen MR) is 111 cm³/mol. The Balaban J connectivity index is 1.99. The highest BCUT2D eigenvalue weighted by Gasteiger charge is 2.33. The summed E-state index contributed by atoms with van der Waals surface area (Å²) in [6.45, 7) is 5.60. The Hall–Kier alpha value is -3.14. The van der Waals surface area contributed by atoms with Crippen LogP contribution in [0.25, 0.3) is 11.1 Å². The van der Waals surface area contributed by atoms with E-state index in [4.69, 9.17) is 4.74 Å². The number of halogens is 2. The number of hydrogen-bond acceptors (Lipinski definition) is 2. The third-order valence-electron chi connectivity index (χ3n) is 5.38. The minimum Gasteiger partial charge on any atom is -0.508 e. The summed E-state index contributed by atoms with van der Waals surface area (Å²) in [5.74, 6) is -0.585. The molecule has 0 saturated carbocycles. The van der Waals surface area contributed by atoms with E-state index in [1.165, 1.54) is 18.2 Å². The topological polar surface area (TPSA) is 29.5 Å². The van der Waals surface area contributed by atoms with E-state index in [-0.39, 0.29) is 17.2 Å². The first-order valence-electron chi connectivity index (χ1n) is 9.62. The number of aromatic hydroxyl groups is 1. The largest absolute Gasteiger partial charge is 0.508 e. The van der Waals surface area contributed by atoms with Gasteiger partial charge >= 0.3 is 0 Å². The molecule has 4 heteroatoms. The third-order valence-corrected chi connectivity index (χ3v) is 5.38. The molecule has 0 saturated heterocycles. The zero-order chi connectivity index (χ0) is 20.7. The van der Waals surface area contributed by atoms with Gasteiger partial charge in [-0.2, -0.15) is 0 Å². The van der Waals surface area contributed by atoms with Crippen molar-refractivity contribution in [1.82, 2.24) is 0 Å². The first kappa shape index (κ1) is 19.2. The molecule has 148 valence electrons. The Labute approximate surface area is 169 Å². The fraction of sp³-hybridized carbons (Fsp3) is 0.200. The highest BCUT2D eigenvalue weighted by Crippen LogP contribution is 2.48. The maximum atomic E-state index is 15.2. The Morgan fingerprint density at radius 3 is 2.21 bits per heavy atom. The summed E-state index contributed by atoms with van der Waals surface area (Å²) in [7, 11) is 0. The summed E-state index contributed by atoms with van der Waals surface area (Å²) in [5, 5.41) is 9.93. The van der Waals surface area contributed by atoms with E-state index in [0.717, 1.165) is 5.56 Å². The third kappa shape index (κ3) is 3.39. The molecule has 0 radical (unpaired) electrons. The van der Waals surface area contributed by atoms with Crippen molar-refractivity contribution in [2.75, 3.05) is 0 Å². The molecular formula is C25H22F2O2. The van der Waals surface area contributed by atoms with Crippen LogP contribution in [0, 0.1) is 11.6 Å². The van der Waals surface area contributed by atoms with Crippen molar-refractivity contribution in [3.8, 4) is 11.5 Å². The molecule has 1 aliphatic rings. The molecule has 3 aromatic rings. The van der Waals surface area contributed by atoms with Crippen LogP contribution in [0.5, 0.6) is 11.5 Å². The predicted octanol–water partition coefficient (Wildman–Crippen LogP) is 6.86. The molecule has 0 amide bonds. The lowest BCUT2D eigenvalue weighted by Crippen LogP contribution is -2.18. The van der Waals surface area contributed by atoms with E-state index in [1.807, 2.05) is 44.2 Å². The summed E-state index contributed by atoms with van der Waals surface area (Å²) in [4.78, 5) is 0. The van der Waals surface area contributed by atoms with Gasteiger partial charge in [0, 0.05) is 11.1 Å². The van der Waals surface area contributed by atoms with E-state index >= 15 is 8.78 Å². The van der Waals surface area contributed by atoms with E-state index in [1.54, 1.807) is 19.1 Å². The van der Waals surface area contributed by atoms with Gasteiger partial charge in [0.1, 0.15) is 29.2 Å². The minimum atomic E-state index is -0.665. The number of benzene rings is 3. The molecule has 3 aromatic carbocycles. The average Bonchev–Trinajstić information content (AvgIpc) is 2.70. The molecule has 1 aliphatic heterocycles. The van der Waals surface area contributed by atoms with Gasteiger partial charge in [0.15, 0.2) is 0 Å². The quantitative estimate of drug-likeness (QED) is 0.528. The van der Waals surface area contributed by atoms with Crippen LogP contribution in [0.15, 0.2) is 60.7 Å². The van der Waals surface area contributed by atoms with E-state index in [9.17, 15) is 5.11 Å². The lowest BCUT2D eigenvalue weighted by atomic mass is 9.85. The molecule has 1 N–H and O–H groups in total. The van der Waals surface area contributed by atoms with Crippen LogP contribution in [-0.4, -0.2) is 5.11 Å². The smallest absolute Gasteiger partial charge is 0.150 e. The van der Waals surface area contributed by atoms with Crippen LogP contribution in [0.4, 0.5) is 8.78 Å².